The fraction of sp³-hybridized carbons (Fsp3) is 0.381. The molecule has 0 aliphatic carbocycles. The van der Waals surface area contributed by atoms with Crippen LogP contribution >= 0.6 is 0 Å². The maximum Gasteiger partial charge on any atom is 0.312 e. The number of hydrogen-bond acceptors (Lipinski definition) is 4. The smallest absolute Gasteiger partial charge is 0.312 e. The van der Waals surface area contributed by atoms with E-state index in [1.54, 1.807) is 4.90 Å². The number of nitrogens with zero attached hydrogens (tertiary/aromatic N) is 2. The van der Waals surface area contributed by atoms with Crippen molar-refractivity contribution in [3.63, 3.8) is 0 Å². The zero-order chi connectivity index (χ0) is 20.1. The molecule has 1 aliphatic heterocycles. The van der Waals surface area contributed by atoms with E-state index in [4.69, 9.17) is 0 Å². The minimum absolute atomic E-state index is 0.0287. The number of amides is 3. The van der Waals surface area contributed by atoms with Gasteiger partial charge in [-0.1, -0.05) is 42.5 Å². The molecule has 2 N–H and O–H groups in total. The second-order valence-corrected chi connectivity index (χ2v) is 6.93. The van der Waals surface area contributed by atoms with Gasteiger partial charge in [0.15, 0.2) is 0 Å². The number of benzene rings is 2. The van der Waals surface area contributed by atoms with Crippen molar-refractivity contribution in [2.24, 2.45) is 0 Å². The summed E-state index contributed by atoms with van der Waals surface area (Å²) in [5.41, 5.74) is 0.805. The highest BCUT2D eigenvalue weighted by molar-refractivity contribution is 6.35. The first-order chi connectivity index (χ1) is 13.5. The summed E-state index contributed by atoms with van der Waals surface area (Å²) in [4.78, 5) is 38.8. The summed E-state index contributed by atoms with van der Waals surface area (Å²) in [7, 11) is 0. The SMILES string of the molecule is CC(=O)N1CCN(C(=O)C(=O)NCC[C@H](O)c2cccc3ccccc23)CC1. The number of aliphatic hydroxyl groups is 1. The van der Waals surface area contributed by atoms with Crippen molar-refractivity contribution in [1.82, 2.24) is 15.1 Å². The predicted molar refractivity (Wildman–Crippen MR) is 105 cm³/mol. The molecule has 3 amide bonds. The van der Waals surface area contributed by atoms with Gasteiger partial charge < -0.3 is 20.2 Å². The van der Waals surface area contributed by atoms with Gasteiger partial charge in [-0.25, -0.2) is 0 Å². The van der Waals surface area contributed by atoms with Crippen LogP contribution in [0.4, 0.5) is 0 Å². The number of rotatable bonds is 4. The van der Waals surface area contributed by atoms with Gasteiger partial charge >= 0.3 is 11.8 Å². The highest BCUT2D eigenvalue weighted by Gasteiger charge is 2.26. The Morgan fingerprint density at radius 3 is 2.36 bits per heavy atom. The maximum atomic E-state index is 12.2. The van der Waals surface area contributed by atoms with Crippen LogP contribution in [-0.4, -0.2) is 65.4 Å². The molecule has 7 nitrogen and oxygen atoms in total. The lowest BCUT2D eigenvalue weighted by Gasteiger charge is -2.33. The minimum Gasteiger partial charge on any atom is -0.388 e. The number of piperazine rings is 1. The monoisotopic (exact) mass is 383 g/mol. The maximum absolute atomic E-state index is 12.2. The van der Waals surface area contributed by atoms with Crippen molar-refractivity contribution in [1.29, 1.82) is 0 Å². The lowest BCUT2D eigenvalue weighted by molar-refractivity contribution is -0.148. The van der Waals surface area contributed by atoms with E-state index in [1.165, 1.54) is 11.8 Å². The lowest BCUT2D eigenvalue weighted by atomic mass is 9.99. The van der Waals surface area contributed by atoms with E-state index in [9.17, 15) is 19.5 Å². The third kappa shape index (κ3) is 4.48. The van der Waals surface area contributed by atoms with E-state index < -0.39 is 17.9 Å². The second-order valence-electron chi connectivity index (χ2n) is 6.93. The highest BCUT2D eigenvalue weighted by atomic mass is 16.3. The van der Waals surface area contributed by atoms with E-state index >= 15 is 0 Å². The van der Waals surface area contributed by atoms with Gasteiger partial charge in [0.2, 0.25) is 5.91 Å². The summed E-state index contributed by atoms with van der Waals surface area (Å²) in [5, 5.41) is 15.1. The molecular formula is C21H25N3O4. The Balaban J connectivity index is 1.49. The molecule has 0 unspecified atom stereocenters. The quantitative estimate of drug-likeness (QED) is 0.773. The van der Waals surface area contributed by atoms with Crippen LogP contribution < -0.4 is 5.32 Å². The Hall–Kier alpha value is -2.93. The number of fused-ring (bicyclic) bond motifs is 1. The molecule has 1 atom stereocenters. The van der Waals surface area contributed by atoms with Crippen LogP contribution in [0.25, 0.3) is 10.8 Å². The van der Waals surface area contributed by atoms with E-state index in [-0.39, 0.29) is 12.5 Å². The summed E-state index contributed by atoms with van der Waals surface area (Å²) in [6.45, 7) is 3.27. The molecule has 7 heteroatoms. The normalized spacial score (nSPS) is 15.4. The van der Waals surface area contributed by atoms with E-state index in [1.807, 2.05) is 42.5 Å². The summed E-state index contributed by atoms with van der Waals surface area (Å²) < 4.78 is 0. The zero-order valence-electron chi connectivity index (χ0n) is 15.9. The first-order valence-corrected chi connectivity index (χ1v) is 9.45. The van der Waals surface area contributed by atoms with Crippen LogP contribution in [0.15, 0.2) is 42.5 Å². The average molecular weight is 383 g/mol. The van der Waals surface area contributed by atoms with Gasteiger partial charge in [0.1, 0.15) is 0 Å². The van der Waals surface area contributed by atoms with Gasteiger partial charge in [-0.2, -0.15) is 0 Å². The number of hydrogen-bond donors (Lipinski definition) is 2. The Morgan fingerprint density at radius 1 is 1.00 bits per heavy atom. The molecule has 0 radical (unpaired) electrons. The molecule has 2 aromatic carbocycles. The fourth-order valence-electron chi connectivity index (χ4n) is 3.46. The molecule has 148 valence electrons. The van der Waals surface area contributed by atoms with Crippen LogP contribution in [0, 0.1) is 0 Å². The number of aliphatic hydroxyl groups excluding tert-OH is 1. The van der Waals surface area contributed by atoms with E-state index in [0.717, 1.165) is 16.3 Å². The molecule has 1 fully saturated rings. The molecule has 1 heterocycles. The summed E-state index contributed by atoms with van der Waals surface area (Å²) in [5.74, 6) is -1.30. The summed E-state index contributed by atoms with van der Waals surface area (Å²) >= 11 is 0. The zero-order valence-corrected chi connectivity index (χ0v) is 15.9. The molecular weight excluding hydrogens is 358 g/mol. The van der Waals surface area contributed by atoms with Gasteiger partial charge in [-0.15, -0.1) is 0 Å². The van der Waals surface area contributed by atoms with Crippen LogP contribution in [-0.2, 0) is 14.4 Å². The van der Waals surface area contributed by atoms with Gasteiger partial charge in [0.25, 0.3) is 0 Å². The standard InChI is InChI=1S/C21H25N3O4/c1-15(25)23-11-13-24(14-12-23)21(28)20(27)22-10-9-19(26)18-8-4-6-16-5-2-3-7-17(16)18/h2-8,19,26H,9-14H2,1H3,(H,22,27)/t19-/m0/s1. The lowest BCUT2D eigenvalue weighted by Crippen LogP contribution is -2.53. The second kappa shape index (κ2) is 8.84. The van der Waals surface area contributed by atoms with Gasteiger partial charge in [-0.05, 0) is 22.8 Å². The van der Waals surface area contributed by atoms with Crippen molar-refractivity contribution in [2.45, 2.75) is 19.4 Å². The van der Waals surface area contributed by atoms with Crippen molar-refractivity contribution in [3.8, 4) is 0 Å². The minimum atomic E-state index is -0.736. The van der Waals surface area contributed by atoms with Crippen LogP contribution in [0.3, 0.4) is 0 Å². The third-order valence-electron chi connectivity index (χ3n) is 5.09. The molecule has 1 aliphatic rings. The van der Waals surface area contributed by atoms with Gasteiger partial charge in [0.05, 0.1) is 6.10 Å². The number of carbonyl (C=O) groups excluding carboxylic acids is 3. The Morgan fingerprint density at radius 2 is 1.64 bits per heavy atom. The van der Waals surface area contributed by atoms with Crippen molar-refractivity contribution >= 4 is 28.5 Å². The molecule has 3 rings (SSSR count). The van der Waals surface area contributed by atoms with Gasteiger partial charge in [-0.3, -0.25) is 14.4 Å². The van der Waals surface area contributed by atoms with Crippen LogP contribution in [0.2, 0.25) is 0 Å². The summed E-state index contributed by atoms with van der Waals surface area (Å²) in [6, 6.07) is 13.6. The number of carbonyl (C=O) groups is 3. The van der Waals surface area contributed by atoms with Crippen molar-refractivity contribution in [3.05, 3.63) is 48.0 Å². The first-order valence-electron chi connectivity index (χ1n) is 9.45. The predicted octanol–water partition coefficient (Wildman–Crippen LogP) is 1.07. The Bertz CT molecular complexity index is 870. The molecule has 0 saturated carbocycles. The molecule has 2 aromatic rings. The van der Waals surface area contributed by atoms with Crippen molar-refractivity contribution < 1.29 is 19.5 Å². The van der Waals surface area contributed by atoms with E-state index in [2.05, 4.69) is 5.32 Å². The van der Waals surface area contributed by atoms with Crippen molar-refractivity contribution in [2.75, 3.05) is 32.7 Å². The van der Waals surface area contributed by atoms with Crippen LogP contribution in [0.1, 0.15) is 25.0 Å². The first kappa shape index (κ1) is 19.8. The van der Waals surface area contributed by atoms with Crippen LogP contribution in [0.5, 0.6) is 0 Å². The molecule has 0 bridgehead atoms. The van der Waals surface area contributed by atoms with E-state index in [0.29, 0.717) is 32.6 Å². The fourth-order valence-corrected chi connectivity index (χ4v) is 3.46. The largest absolute Gasteiger partial charge is 0.388 e. The third-order valence-corrected chi connectivity index (χ3v) is 5.09. The average Bonchev–Trinajstić information content (AvgIpc) is 2.72. The molecule has 28 heavy (non-hydrogen) atoms. The van der Waals surface area contributed by atoms with Gasteiger partial charge in [0, 0.05) is 39.6 Å². The summed E-state index contributed by atoms with van der Waals surface area (Å²) in [6.07, 6.45) is -0.425. The highest BCUT2D eigenvalue weighted by Crippen LogP contribution is 2.25. The molecule has 0 spiro atoms. The topological polar surface area (TPSA) is 90.0 Å². The Kier molecular flexibility index (Phi) is 6.26. The molecule has 0 aromatic heterocycles. The molecule has 1 saturated heterocycles. The number of nitrogens with one attached hydrogen (secondary N) is 1. The Labute approximate surface area is 163 Å².